The van der Waals surface area contributed by atoms with Crippen LogP contribution in [0.2, 0.25) is 0 Å². The maximum absolute atomic E-state index is 2.42. The van der Waals surface area contributed by atoms with Crippen molar-refractivity contribution in [3.63, 3.8) is 0 Å². The molecule has 0 N–H and O–H groups in total. The smallest absolute Gasteiger partial charge is 0.0468 e. The highest BCUT2D eigenvalue weighted by atomic mass is 15.1. The second-order valence-corrected chi connectivity index (χ2v) is 14.5. The summed E-state index contributed by atoms with van der Waals surface area (Å²) in [5.41, 5.74) is 8.39. The maximum atomic E-state index is 2.42. The molecule has 0 heterocycles. The molecule has 0 aromatic heterocycles. The summed E-state index contributed by atoms with van der Waals surface area (Å²) in [7, 11) is 0. The lowest BCUT2D eigenvalue weighted by molar-refractivity contribution is 1.29. The van der Waals surface area contributed by atoms with Crippen molar-refractivity contribution in [2.75, 3.05) is 4.90 Å². The molecule has 0 amide bonds. The third kappa shape index (κ3) is 5.24. The minimum Gasteiger partial charge on any atom is -0.310 e. The van der Waals surface area contributed by atoms with Crippen LogP contribution in [0.15, 0.2) is 212 Å². The molecule has 0 bridgehead atoms. The monoisotopic (exact) mass is 697 g/mol. The number of para-hydroxylation sites is 1. The van der Waals surface area contributed by atoms with Gasteiger partial charge in [-0.2, -0.15) is 0 Å². The van der Waals surface area contributed by atoms with Crippen LogP contribution in [0.5, 0.6) is 0 Å². The topological polar surface area (TPSA) is 3.24 Å². The van der Waals surface area contributed by atoms with Gasteiger partial charge in [-0.05, 0) is 141 Å². The summed E-state index contributed by atoms with van der Waals surface area (Å²) in [4.78, 5) is 2.36. The second-order valence-electron chi connectivity index (χ2n) is 14.5. The fourth-order valence-corrected chi connectivity index (χ4v) is 8.78. The molecule has 1 nitrogen and oxygen atoms in total. The van der Waals surface area contributed by atoms with Gasteiger partial charge in [-0.1, -0.05) is 158 Å². The number of hydrogen-bond donors (Lipinski definition) is 0. The van der Waals surface area contributed by atoms with Gasteiger partial charge in [0.1, 0.15) is 0 Å². The predicted octanol–water partition coefficient (Wildman–Crippen LogP) is 15.4. The van der Waals surface area contributed by atoms with Crippen molar-refractivity contribution in [3.8, 4) is 22.3 Å². The van der Waals surface area contributed by atoms with E-state index in [0.29, 0.717) is 0 Å². The van der Waals surface area contributed by atoms with E-state index in [4.69, 9.17) is 0 Å². The van der Waals surface area contributed by atoms with E-state index in [1.165, 1.54) is 86.9 Å². The molecule has 0 unspecified atom stereocenters. The molecule has 55 heavy (non-hydrogen) atoms. The Kier molecular flexibility index (Phi) is 7.25. The van der Waals surface area contributed by atoms with Crippen LogP contribution in [0.1, 0.15) is 0 Å². The molecule has 256 valence electrons. The molecule has 0 saturated heterocycles. The van der Waals surface area contributed by atoms with Gasteiger partial charge in [-0.25, -0.2) is 0 Å². The Morgan fingerprint density at radius 3 is 1.49 bits per heavy atom. The summed E-state index contributed by atoms with van der Waals surface area (Å²) in [5.74, 6) is 0. The Bertz CT molecular complexity index is 3260. The molecule has 0 atom stereocenters. The fraction of sp³-hybridized carbons (Fsp3) is 0. The Balaban J connectivity index is 1.08. The molecule has 0 aliphatic heterocycles. The Labute approximate surface area is 320 Å². The first kappa shape index (κ1) is 31.3. The normalized spacial score (nSPS) is 11.6. The number of nitrogens with zero attached hydrogens (tertiary/aromatic N) is 1. The Hall–Kier alpha value is -7.22. The molecule has 11 rings (SSSR count). The SMILES string of the molecule is c1ccc(N(c2ccc3ccccc3c2)c2ccc3cc(-c4cc5cc(-c6cccc7ccccc67)c6ccccc6c5c5ccccc45)ccc3c2)cc1. The average Bonchev–Trinajstić information content (AvgIpc) is 3.26. The highest BCUT2D eigenvalue weighted by Gasteiger charge is 2.17. The number of benzene rings is 11. The van der Waals surface area contributed by atoms with Gasteiger partial charge < -0.3 is 4.90 Å². The number of rotatable bonds is 5. The summed E-state index contributed by atoms with van der Waals surface area (Å²) in [5, 5.41) is 15.1. The van der Waals surface area contributed by atoms with Crippen molar-refractivity contribution in [1.82, 2.24) is 0 Å². The van der Waals surface area contributed by atoms with Crippen molar-refractivity contribution in [3.05, 3.63) is 212 Å². The van der Waals surface area contributed by atoms with Crippen LogP contribution in [0.25, 0.3) is 86.9 Å². The van der Waals surface area contributed by atoms with Gasteiger partial charge in [-0.15, -0.1) is 0 Å². The summed E-state index contributed by atoms with van der Waals surface area (Å²) in [6.45, 7) is 0. The van der Waals surface area contributed by atoms with Gasteiger partial charge in [0.25, 0.3) is 0 Å². The fourth-order valence-electron chi connectivity index (χ4n) is 8.78. The van der Waals surface area contributed by atoms with Gasteiger partial charge in [0.05, 0.1) is 0 Å². The zero-order chi connectivity index (χ0) is 36.3. The van der Waals surface area contributed by atoms with Crippen LogP contribution in [0, 0.1) is 0 Å². The molecule has 0 saturated carbocycles. The van der Waals surface area contributed by atoms with E-state index in [-0.39, 0.29) is 0 Å². The molecule has 0 fully saturated rings. The van der Waals surface area contributed by atoms with Crippen LogP contribution >= 0.6 is 0 Å². The van der Waals surface area contributed by atoms with Crippen molar-refractivity contribution in [1.29, 1.82) is 0 Å². The molecule has 1 heteroatoms. The lowest BCUT2D eigenvalue weighted by Gasteiger charge is -2.26. The highest BCUT2D eigenvalue weighted by molar-refractivity contribution is 6.26. The molecule has 0 radical (unpaired) electrons. The van der Waals surface area contributed by atoms with Crippen molar-refractivity contribution < 1.29 is 0 Å². The molecule has 11 aromatic carbocycles. The van der Waals surface area contributed by atoms with Crippen LogP contribution < -0.4 is 4.90 Å². The molecule has 11 aromatic rings. The summed E-state index contributed by atoms with van der Waals surface area (Å²) in [6, 6.07) is 77.8. The van der Waals surface area contributed by atoms with Gasteiger partial charge >= 0.3 is 0 Å². The minimum atomic E-state index is 1.13. The molecular weight excluding hydrogens is 663 g/mol. The van der Waals surface area contributed by atoms with Gasteiger partial charge in [0.2, 0.25) is 0 Å². The molecule has 0 aliphatic rings. The summed E-state index contributed by atoms with van der Waals surface area (Å²) in [6.07, 6.45) is 0. The van der Waals surface area contributed by atoms with Crippen LogP contribution in [0.4, 0.5) is 17.1 Å². The minimum absolute atomic E-state index is 1.13. The second kappa shape index (κ2) is 12.7. The standard InChI is InChI=1S/C54H35N/c1-2-17-43(18-3-1)55(44-29-27-36-13-4-5-15-38(36)32-44)45-30-28-39-31-41(26-25-40(39)33-45)52-34-42-35-53(47-24-12-16-37-14-6-7-19-46(37)47)49-21-9-11-23-51(49)54(42)50-22-10-8-20-48(50)52/h1-35H. The summed E-state index contributed by atoms with van der Waals surface area (Å²) < 4.78 is 0. The maximum Gasteiger partial charge on any atom is 0.0468 e. The van der Waals surface area contributed by atoms with E-state index in [2.05, 4.69) is 217 Å². The third-order valence-corrected chi connectivity index (χ3v) is 11.3. The largest absolute Gasteiger partial charge is 0.310 e. The average molecular weight is 698 g/mol. The van der Waals surface area contributed by atoms with E-state index < -0.39 is 0 Å². The van der Waals surface area contributed by atoms with Crippen molar-refractivity contribution in [2.24, 2.45) is 0 Å². The van der Waals surface area contributed by atoms with Gasteiger partial charge in [-0.3, -0.25) is 0 Å². The van der Waals surface area contributed by atoms with Crippen molar-refractivity contribution >= 4 is 81.7 Å². The summed E-state index contributed by atoms with van der Waals surface area (Å²) >= 11 is 0. The van der Waals surface area contributed by atoms with Crippen LogP contribution in [0.3, 0.4) is 0 Å². The third-order valence-electron chi connectivity index (χ3n) is 11.3. The lowest BCUT2D eigenvalue weighted by atomic mass is 9.86. The zero-order valence-corrected chi connectivity index (χ0v) is 30.2. The van der Waals surface area contributed by atoms with E-state index in [1.807, 2.05) is 0 Å². The first-order valence-corrected chi connectivity index (χ1v) is 19.0. The van der Waals surface area contributed by atoms with E-state index in [1.54, 1.807) is 0 Å². The van der Waals surface area contributed by atoms with E-state index >= 15 is 0 Å². The molecule has 0 spiro atoms. The predicted molar refractivity (Wildman–Crippen MR) is 237 cm³/mol. The number of anilines is 3. The van der Waals surface area contributed by atoms with Gasteiger partial charge in [0, 0.05) is 17.1 Å². The number of fused-ring (bicyclic) bond motifs is 8. The van der Waals surface area contributed by atoms with E-state index in [9.17, 15) is 0 Å². The van der Waals surface area contributed by atoms with E-state index in [0.717, 1.165) is 17.1 Å². The lowest BCUT2D eigenvalue weighted by Crippen LogP contribution is -2.09. The van der Waals surface area contributed by atoms with Gasteiger partial charge in [0.15, 0.2) is 0 Å². The number of hydrogen-bond acceptors (Lipinski definition) is 1. The Morgan fingerprint density at radius 2 is 0.745 bits per heavy atom. The first-order valence-electron chi connectivity index (χ1n) is 19.0. The zero-order valence-electron chi connectivity index (χ0n) is 30.2. The first-order chi connectivity index (χ1) is 27.3. The van der Waals surface area contributed by atoms with Crippen molar-refractivity contribution in [2.45, 2.75) is 0 Å². The van der Waals surface area contributed by atoms with Crippen LogP contribution in [-0.2, 0) is 0 Å². The quantitative estimate of drug-likeness (QED) is 0.162. The molecular formula is C54H35N. The Morgan fingerprint density at radius 1 is 0.236 bits per heavy atom. The highest BCUT2D eigenvalue weighted by Crippen LogP contribution is 2.44. The molecule has 0 aliphatic carbocycles. The van der Waals surface area contributed by atoms with Crippen LogP contribution in [-0.4, -0.2) is 0 Å².